The molecule has 0 spiro atoms. The van der Waals surface area contributed by atoms with Crippen molar-refractivity contribution in [1.29, 1.82) is 0 Å². The molecule has 0 aliphatic heterocycles. The summed E-state index contributed by atoms with van der Waals surface area (Å²) in [5, 5.41) is 38.0. The molecule has 0 radical (unpaired) electrons. The molecule has 0 bridgehead atoms. The van der Waals surface area contributed by atoms with Crippen LogP contribution in [0.1, 0.15) is 0 Å². The van der Waals surface area contributed by atoms with E-state index in [0.717, 1.165) is 0 Å². The zero-order chi connectivity index (χ0) is 6.83. The van der Waals surface area contributed by atoms with Gasteiger partial charge in [0.05, 0.1) is 0 Å². The van der Waals surface area contributed by atoms with Gasteiger partial charge in [0, 0.05) is 124 Å². The second-order valence-electron chi connectivity index (χ2n) is 0.299. The zero-order valence-electron chi connectivity index (χ0n) is 5.42. The van der Waals surface area contributed by atoms with Gasteiger partial charge in [0.2, 0.25) is 0 Å². The maximum atomic E-state index is 7.06. The second-order valence-corrected chi connectivity index (χ2v) is 0.299. The summed E-state index contributed by atoms with van der Waals surface area (Å²) in [7, 11) is 0. The summed E-state index contributed by atoms with van der Waals surface area (Å²) in [5.74, 6) is 0. The first kappa shape index (κ1) is 36.0. The van der Waals surface area contributed by atoms with Crippen LogP contribution in [-0.2, 0) is 20.2 Å². The van der Waals surface area contributed by atoms with E-state index in [0.29, 0.717) is 0 Å². The van der Waals surface area contributed by atoms with Crippen LogP contribution in [0, 0.1) is 124 Å². The average molecular weight is 1080 g/mol. The molecule has 0 atom stereocenters. The zero-order valence-corrected chi connectivity index (χ0v) is 22.1. The van der Waals surface area contributed by atoms with Crippen molar-refractivity contribution in [2.24, 2.45) is 0 Å². The third-order valence-corrected chi connectivity index (χ3v) is 0.0609. The van der Waals surface area contributed by atoms with Gasteiger partial charge in [-0.1, -0.05) is 5.04 Å². The molecule has 0 unspecified atom stereocenters. The first-order valence-corrected chi connectivity index (χ1v) is 1.06. The second kappa shape index (κ2) is 46.2. The number of hydrogen-bond donors (Lipinski definition) is 4. The van der Waals surface area contributed by atoms with Gasteiger partial charge in [0.15, 0.2) is 0 Å². The van der Waals surface area contributed by atoms with Crippen LogP contribution in [0.15, 0.2) is 0 Å². The third-order valence-electron chi connectivity index (χ3n) is 0.0609. The van der Waals surface area contributed by atoms with E-state index >= 15 is 0 Å². The summed E-state index contributed by atoms with van der Waals surface area (Å²) in [6.07, 6.45) is 0. The fourth-order valence-electron chi connectivity index (χ4n) is 0.0136. The summed E-state index contributed by atoms with van der Waals surface area (Å²) in [6, 6.07) is 0. The predicted octanol–water partition coefficient (Wildman–Crippen LogP) is -0.239. The molecule has 12 heteroatoms. The Labute approximate surface area is 162 Å². The molecule has 0 saturated carbocycles. The third kappa shape index (κ3) is 66.5. The van der Waals surface area contributed by atoms with Gasteiger partial charge in [-0.2, -0.15) is 0 Å². The topological polar surface area (TPSA) is 118 Å². The molecule has 0 fully saturated rings. The minimum absolute atomic E-state index is 0. The molecule has 0 aliphatic rings. The minimum Gasteiger partial charge on any atom is -0.221 e. The van der Waals surface area contributed by atoms with Crippen molar-refractivity contribution in [2.45, 2.75) is 0 Å². The van der Waals surface area contributed by atoms with E-state index in [-0.39, 0.29) is 124 Å². The summed E-state index contributed by atoms with van der Waals surface area (Å²) in [4.78, 5) is 0. The maximum absolute atomic E-state index is 7.06. The van der Waals surface area contributed by atoms with Gasteiger partial charge in [0.1, 0.15) is 0 Å². The average Bonchev–Trinajstić information content (AvgIpc) is 1.71. The molecule has 0 saturated heterocycles. The van der Waals surface area contributed by atoms with Crippen LogP contribution in [0.4, 0.5) is 0 Å². The maximum Gasteiger partial charge on any atom is 0 e. The van der Waals surface area contributed by atoms with Crippen molar-refractivity contribution in [3.05, 3.63) is 0 Å². The SMILES string of the molecule is OOO.OOOOO.[U].[U].[U].[U]. The normalized spacial score (nSPS) is 5.00. The predicted molar refractivity (Wildman–Crippen MR) is 14.9 cm³/mol. The molecule has 0 heterocycles. The largest absolute Gasteiger partial charge is 0.221 e. The molecule has 4 N–H and O–H groups in total. The van der Waals surface area contributed by atoms with Crippen LogP contribution < -0.4 is 0 Å². The minimum atomic E-state index is 0. The molecule has 0 aromatic rings. The molecule has 0 rings (SSSR count). The fraction of sp³-hybridized carbons (Fsp3) is 0. The van der Waals surface area contributed by atoms with E-state index in [1.807, 2.05) is 0 Å². The number of rotatable bonds is 2. The van der Waals surface area contributed by atoms with Crippen LogP contribution in [0.2, 0.25) is 0 Å². The van der Waals surface area contributed by atoms with Crippen molar-refractivity contribution in [1.82, 2.24) is 0 Å². The first-order valence-electron chi connectivity index (χ1n) is 1.06. The monoisotopic (exact) mass is 1080 g/mol. The molecule has 0 aliphatic carbocycles. The Kier molecular flexibility index (Phi) is 139. The summed E-state index contributed by atoms with van der Waals surface area (Å²) < 4.78 is 0. The van der Waals surface area contributed by atoms with E-state index < -0.39 is 0 Å². The molecule has 0 amide bonds. The standard InChI is InChI=1S/H2O5.H2O3.4U/c1-3-5-4-2;1-3-2;;;;/h1-2H;1-2H;;;;. The van der Waals surface area contributed by atoms with Gasteiger partial charge in [-0.3, -0.25) is 0 Å². The van der Waals surface area contributed by atoms with Crippen molar-refractivity contribution >= 4 is 0 Å². The molecule has 0 aromatic heterocycles. The van der Waals surface area contributed by atoms with E-state index in [4.69, 9.17) is 21.0 Å². The van der Waals surface area contributed by atoms with E-state index in [1.165, 1.54) is 0 Å². The van der Waals surface area contributed by atoms with Crippen LogP contribution in [-0.4, -0.2) is 21.0 Å². The Hall–Kier alpha value is 3.89. The van der Waals surface area contributed by atoms with Crippen LogP contribution in [0.3, 0.4) is 0 Å². The first-order chi connectivity index (χ1) is 3.83. The Morgan fingerprint density at radius 3 is 0.750 bits per heavy atom. The molecular formula is H4O8U4. The smallest absolute Gasteiger partial charge is 0 e. The molecular weight excluding hydrogens is 1080 g/mol. The van der Waals surface area contributed by atoms with E-state index in [9.17, 15) is 0 Å². The number of hydrogen-bond acceptors (Lipinski definition) is 8. The van der Waals surface area contributed by atoms with Crippen molar-refractivity contribution in [3.63, 3.8) is 0 Å². The van der Waals surface area contributed by atoms with Gasteiger partial charge in [-0.25, -0.2) is 21.0 Å². The summed E-state index contributed by atoms with van der Waals surface area (Å²) in [6.45, 7) is 0. The van der Waals surface area contributed by atoms with Crippen molar-refractivity contribution < 1.29 is 166 Å². The Bertz CT molecular complexity index is 25.0. The molecule has 8 nitrogen and oxygen atoms in total. The molecule has 12 heavy (non-hydrogen) atoms. The van der Waals surface area contributed by atoms with Crippen molar-refractivity contribution in [3.8, 4) is 0 Å². The van der Waals surface area contributed by atoms with Crippen LogP contribution in [0.5, 0.6) is 0 Å². The van der Waals surface area contributed by atoms with E-state index in [1.54, 1.807) is 0 Å². The Balaban J connectivity index is -0.0000000119. The molecule has 0 aromatic carbocycles. The van der Waals surface area contributed by atoms with Gasteiger partial charge in [0.25, 0.3) is 0 Å². The van der Waals surface area contributed by atoms with Gasteiger partial charge in [-0.05, 0) is 15.1 Å². The van der Waals surface area contributed by atoms with Crippen LogP contribution in [0.25, 0.3) is 0 Å². The fourth-order valence-corrected chi connectivity index (χ4v) is 0.0136. The molecule has 68 valence electrons. The summed E-state index contributed by atoms with van der Waals surface area (Å²) in [5.41, 5.74) is 0. The Morgan fingerprint density at radius 2 is 0.750 bits per heavy atom. The van der Waals surface area contributed by atoms with Crippen molar-refractivity contribution in [2.75, 3.05) is 0 Å². The van der Waals surface area contributed by atoms with E-state index in [2.05, 4.69) is 20.2 Å². The van der Waals surface area contributed by atoms with Gasteiger partial charge < -0.3 is 0 Å². The Morgan fingerprint density at radius 1 is 0.583 bits per heavy atom. The summed E-state index contributed by atoms with van der Waals surface area (Å²) >= 11 is 0. The van der Waals surface area contributed by atoms with Gasteiger partial charge in [-0.15, -0.1) is 0 Å². The van der Waals surface area contributed by atoms with Gasteiger partial charge >= 0.3 is 0 Å². The van der Waals surface area contributed by atoms with Crippen LogP contribution >= 0.6 is 0 Å². The quantitative estimate of drug-likeness (QED) is 0.222.